The van der Waals surface area contributed by atoms with Crippen LogP contribution >= 0.6 is 15.9 Å². The van der Waals surface area contributed by atoms with Crippen molar-refractivity contribution in [1.82, 2.24) is 5.32 Å². The summed E-state index contributed by atoms with van der Waals surface area (Å²) in [7, 11) is 0. The molecule has 0 heterocycles. The van der Waals surface area contributed by atoms with Gasteiger partial charge in [0.25, 0.3) is 0 Å². The van der Waals surface area contributed by atoms with Crippen LogP contribution in [-0.4, -0.2) is 52.6 Å². The van der Waals surface area contributed by atoms with Crippen molar-refractivity contribution in [2.75, 3.05) is 13.2 Å². The van der Waals surface area contributed by atoms with Crippen LogP contribution in [0.2, 0.25) is 0 Å². The van der Waals surface area contributed by atoms with Gasteiger partial charge in [0.2, 0.25) is 0 Å². The normalized spacial score (nSPS) is 11.4. The lowest BCUT2D eigenvalue weighted by Crippen LogP contribution is -2.37. The highest BCUT2D eigenvalue weighted by atomic mass is 79.9. The van der Waals surface area contributed by atoms with E-state index in [-0.39, 0.29) is 0 Å². The summed E-state index contributed by atoms with van der Waals surface area (Å²) in [5, 5.41) is 27.9. The second kappa shape index (κ2) is 12.7. The highest BCUT2D eigenvalue weighted by Crippen LogP contribution is 2.16. The molecule has 4 N–H and O–H groups in total. The molecule has 136 valence electrons. The van der Waals surface area contributed by atoms with E-state index in [9.17, 15) is 5.11 Å². The molecule has 0 radical (unpaired) electrons. The van der Waals surface area contributed by atoms with E-state index in [1.807, 2.05) is 24.3 Å². The number of nitrogens with one attached hydrogen (secondary N) is 1. The van der Waals surface area contributed by atoms with Crippen molar-refractivity contribution in [3.63, 3.8) is 0 Å². The van der Waals surface area contributed by atoms with Gasteiger partial charge in [-0.05, 0) is 37.1 Å². The summed E-state index contributed by atoms with van der Waals surface area (Å²) in [6.45, 7) is 5.18. The first-order valence-corrected chi connectivity index (χ1v) is 8.35. The average molecular weight is 406 g/mol. The van der Waals surface area contributed by atoms with E-state index in [1.54, 1.807) is 0 Å². The van der Waals surface area contributed by atoms with Gasteiger partial charge in [0.05, 0.1) is 0 Å². The molecule has 0 spiro atoms. The molecule has 0 fully saturated rings. The molecule has 0 saturated heterocycles. The quantitative estimate of drug-likeness (QED) is 0.489. The van der Waals surface area contributed by atoms with Gasteiger partial charge in [-0.25, -0.2) is 9.59 Å². The zero-order valence-electron chi connectivity index (χ0n) is 13.7. The van der Waals surface area contributed by atoms with Crippen LogP contribution in [0.4, 0.5) is 0 Å². The molecule has 0 aromatic heterocycles. The molecular weight excluding hydrogens is 382 g/mol. The Morgan fingerprint density at radius 3 is 2.04 bits per heavy atom. The summed E-state index contributed by atoms with van der Waals surface area (Å²) in [6.07, 6.45) is 1.68. The van der Waals surface area contributed by atoms with Crippen LogP contribution < -0.4 is 10.1 Å². The van der Waals surface area contributed by atoms with Crippen LogP contribution in [0.5, 0.6) is 5.75 Å². The molecule has 0 bridgehead atoms. The number of ether oxygens (including phenoxy) is 1. The fourth-order valence-electron chi connectivity index (χ4n) is 1.66. The van der Waals surface area contributed by atoms with E-state index in [0.717, 1.165) is 23.1 Å². The predicted octanol–water partition coefficient (Wildman–Crippen LogP) is 2.12. The van der Waals surface area contributed by atoms with Crippen molar-refractivity contribution in [1.29, 1.82) is 0 Å². The molecular formula is C16H24BrNO6. The molecule has 0 amide bonds. The van der Waals surface area contributed by atoms with E-state index in [0.29, 0.717) is 19.2 Å². The van der Waals surface area contributed by atoms with Gasteiger partial charge in [0, 0.05) is 17.1 Å². The summed E-state index contributed by atoms with van der Waals surface area (Å²) < 4.78 is 6.53. The summed E-state index contributed by atoms with van der Waals surface area (Å²) in [6, 6.07) is 8.08. The molecule has 8 heteroatoms. The molecule has 0 aliphatic carbocycles. The van der Waals surface area contributed by atoms with Crippen LogP contribution in [0.25, 0.3) is 0 Å². The minimum Gasteiger partial charge on any atom is -0.491 e. The van der Waals surface area contributed by atoms with E-state index in [2.05, 4.69) is 35.1 Å². The monoisotopic (exact) mass is 405 g/mol. The number of aliphatic carboxylic acids is 2. The lowest BCUT2D eigenvalue weighted by Gasteiger charge is -2.18. The lowest BCUT2D eigenvalue weighted by atomic mass is 10.1. The molecule has 1 aromatic carbocycles. The minimum atomic E-state index is -1.82. The van der Waals surface area contributed by atoms with Gasteiger partial charge in [0.15, 0.2) is 0 Å². The molecule has 1 aromatic rings. The molecule has 1 atom stereocenters. The fourth-order valence-corrected chi connectivity index (χ4v) is 1.93. The van der Waals surface area contributed by atoms with E-state index in [4.69, 9.17) is 24.5 Å². The first-order chi connectivity index (χ1) is 11.3. The van der Waals surface area contributed by atoms with Crippen molar-refractivity contribution in [3.05, 3.63) is 28.7 Å². The molecule has 0 saturated carbocycles. The second-order valence-corrected chi connectivity index (χ2v) is 5.87. The SMILES string of the molecule is CCC(CC)NCC(O)COc1ccc(Br)cc1.O=C(O)C(=O)O. The van der Waals surface area contributed by atoms with Gasteiger partial charge in [-0.2, -0.15) is 0 Å². The van der Waals surface area contributed by atoms with Crippen LogP contribution in [-0.2, 0) is 9.59 Å². The zero-order valence-corrected chi connectivity index (χ0v) is 15.3. The summed E-state index contributed by atoms with van der Waals surface area (Å²) in [5.41, 5.74) is 0. The Labute approximate surface area is 149 Å². The van der Waals surface area contributed by atoms with E-state index < -0.39 is 18.0 Å². The Kier molecular flexibility index (Phi) is 11.9. The van der Waals surface area contributed by atoms with Crippen molar-refractivity contribution >= 4 is 27.9 Å². The van der Waals surface area contributed by atoms with Gasteiger partial charge in [-0.3, -0.25) is 0 Å². The summed E-state index contributed by atoms with van der Waals surface area (Å²) >= 11 is 3.37. The third kappa shape index (κ3) is 11.0. The smallest absolute Gasteiger partial charge is 0.414 e. The van der Waals surface area contributed by atoms with Crippen LogP contribution in [0, 0.1) is 0 Å². The van der Waals surface area contributed by atoms with E-state index in [1.165, 1.54) is 0 Å². The fraction of sp³-hybridized carbons (Fsp3) is 0.500. The lowest BCUT2D eigenvalue weighted by molar-refractivity contribution is -0.159. The van der Waals surface area contributed by atoms with Crippen molar-refractivity contribution < 1.29 is 29.6 Å². The van der Waals surface area contributed by atoms with Crippen molar-refractivity contribution in [3.8, 4) is 5.75 Å². The van der Waals surface area contributed by atoms with Gasteiger partial charge in [0.1, 0.15) is 18.5 Å². The molecule has 24 heavy (non-hydrogen) atoms. The summed E-state index contributed by atoms with van der Waals surface area (Å²) in [5.74, 6) is -2.87. The first-order valence-electron chi connectivity index (χ1n) is 7.56. The maximum atomic E-state index is 9.81. The second-order valence-electron chi connectivity index (χ2n) is 4.95. The Morgan fingerprint density at radius 2 is 1.62 bits per heavy atom. The largest absolute Gasteiger partial charge is 0.491 e. The summed E-state index contributed by atoms with van der Waals surface area (Å²) in [4.78, 5) is 18.2. The zero-order chi connectivity index (χ0) is 18.5. The average Bonchev–Trinajstić information content (AvgIpc) is 2.55. The topological polar surface area (TPSA) is 116 Å². The number of hydrogen-bond acceptors (Lipinski definition) is 5. The maximum Gasteiger partial charge on any atom is 0.414 e. The molecule has 0 aliphatic rings. The molecule has 0 aliphatic heterocycles. The highest BCUT2D eigenvalue weighted by molar-refractivity contribution is 9.10. The molecule has 7 nitrogen and oxygen atoms in total. The minimum absolute atomic E-state index is 0.314. The Hall–Kier alpha value is -1.64. The van der Waals surface area contributed by atoms with E-state index >= 15 is 0 Å². The number of carboxylic acid groups (broad SMARTS) is 2. The van der Waals surface area contributed by atoms with Crippen LogP contribution in [0.15, 0.2) is 28.7 Å². The number of carbonyl (C=O) groups is 2. The number of aliphatic hydroxyl groups is 1. The predicted molar refractivity (Wildman–Crippen MR) is 93.3 cm³/mol. The number of rotatable bonds is 8. The van der Waals surface area contributed by atoms with Gasteiger partial charge >= 0.3 is 11.9 Å². The van der Waals surface area contributed by atoms with Gasteiger partial charge in [-0.15, -0.1) is 0 Å². The van der Waals surface area contributed by atoms with Crippen molar-refractivity contribution in [2.24, 2.45) is 0 Å². The molecule has 1 rings (SSSR count). The number of benzene rings is 1. The number of carboxylic acids is 2. The maximum absolute atomic E-state index is 9.81. The Morgan fingerprint density at radius 1 is 1.12 bits per heavy atom. The number of halogens is 1. The first kappa shape index (κ1) is 22.4. The third-order valence-corrected chi connectivity index (χ3v) is 3.60. The Bertz CT molecular complexity index is 478. The van der Waals surface area contributed by atoms with Crippen LogP contribution in [0.3, 0.4) is 0 Å². The van der Waals surface area contributed by atoms with Gasteiger partial charge in [-0.1, -0.05) is 29.8 Å². The van der Waals surface area contributed by atoms with Crippen molar-refractivity contribution in [2.45, 2.75) is 38.8 Å². The molecule has 1 unspecified atom stereocenters. The van der Waals surface area contributed by atoms with Crippen LogP contribution in [0.1, 0.15) is 26.7 Å². The number of hydrogen-bond donors (Lipinski definition) is 4. The third-order valence-electron chi connectivity index (χ3n) is 3.07. The Balaban J connectivity index is 0.000000754. The number of aliphatic hydroxyl groups excluding tert-OH is 1. The standard InChI is InChI=1S/C14H22BrNO2.C2H2O4/c1-3-12(4-2)16-9-13(17)10-18-14-7-5-11(15)6-8-14;3-1(4)2(5)6/h5-8,12-13,16-17H,3-4,9-10H2,1-2H3;(H,3,4)(H,5,6). The van der Waals surface area contributed by atoms with Gasteiger partial charge < -0.3 is 25.4 Å². The highest BCUT2D eigenvalue weighted by Gasteiger charge is 2.08.